The third-order valence-electron chi connectivity index (χ3n) is 1.87. The van der Waals surface area contributed by atoms with Gasteiger partial charge in [-0.1, -0.05) is 16.9 Å². The Balaban J connectivity index is 2.74. The van der Waals surface area contributed by atoms with E-state index in [4.69, 9.17) is 10.9 Å². The number of amidine groups is 1. The fourth-order valence-electron chi connectivity index (χ4n) is 0.790. The summed E-state index contributed by atoms with van der Waals surface area (Å²) < 4.78 is 1.85. The summed E-state index contributed by atoms with van der Waals surface area (Å²) in [5, 5.41) is 19.9. The summed E-state index contributed by atoms with van der Waals surface area (Å²) >= 11 is 1.40. The average Bonchev–Trinajstić information content (AvgIpc) is 2.48. The van der Waals surface area contributed by atoms with Crippen LogP contribution in [0.2, 0.25) is 0 Å². The molecule has 1 unspecified atom stereocenters. The van der Waals surface area contributed by atoms with Gasteiger partial charge in [-0.15, -0.1) is 10.2 Å². The molecular formula is C7H13N5OS. The predicted octanol–water partition coefficient (Wildman–Crippen LogP) is 0.351. The molecule has 1 rings (SSSR count). The second-order valence-corrected chi connectivity index (χ2v) is 4.18. The van der Waals surface area contributed by atoms with Crippen molar-refractivity contribution >= 4 is 17.6 Å². The topological polar surface area (TPSA) is 89.3 Å². The highest BCUT2D eigenvalue weighted by atomic mass is 32.2. The smallest absolute Gasteiger partial charge is 0.191 e. The number of nitrogens with zero attached hydrogens (tertiary/aromatic N) is 4. The normalized spacial score (nSPS) is 14.4. The fourth-order valence-corrected chi connectivity index (χ4v) is 1.65. The molecule has 1 atom stereocenters. The Kier molecular flexibility index (Phi) is 3.34. The van der Waals surface area contributed by atoms with E-state index in [-0.39, 0.29) is 11.1 Å². The molecule has 3 N–H and O–H groups in total. The van der Waals surface area contributed by atoms with Crippen LogP contribution in [0.1, 0.15) is 12.7 Å². The first kappa shape index (κ1) is 10.8. The first-order valence-corrected chi connectivity index (χ1v) is 4.94. The zero-order chi connectivity index (χ0) is 10.7. The Morgan fingerprint density at radius 1 is 1.64 bits per heavy atom. The van der Waals surface area contributed by atoms with Crippen molar-refractivity contribution < 1.29 is 5.21 Å². The summed E-state index contributed by atoms with van der Waals surface area (Å²) in [7, 11) is 1.87. The average molecular weight is 215 g/mol. The Hall–Kier alpha value is -1.24. The van der Waals surface area contributed by atoms with E-state index < -0.39 is 0 Å². The van der Waals surface area contributed by atoms with Crippen LogP contribution in [-0.4, -0.2) is 31.1 Å². The van der Waals surface area contributed by atoms with Crippen LogP contribution in [-0.2, 0) is 7.05 Å². The molecular weight excluding hydrogens is 202 g/mol. The molecule has 14 heavy (non-hydrogen) atoms. The maximum atomic E-state index is 8.46. The molecule has 6 nitrogen and oxygen atoms in total. The van der Waals surface area contributed by atoms with Crippen LogP contribution >= 0.6 is 11.8 Å². The minimum atomic E-state index is -0.123. The van der Waals surface area contributed by atoms with Gasteiger partial charge in [0.2, 0.25) is 0 Å². The monoisotopic (exact) mass is 215 g/mol. The van der Waals surface area contributed by atoms with Crippen LogP contribution in [0.3, 0.4) is 0 Å². The van der Waals surface area contributed by atoms with Gasteiger partial charge in [0, 0.05) is 7.05 Å². The van der Waals surface area contributed by atoms with Gasteiger partial charge in [-0.3, -0.25) is 0 Å². The van der Waals surface area contributed by atoms with E-state index in [1.807, 2.05) is 25.5 Å². The highest BCUT2D eigenvalue weighted by Gasteiger charge is 2.14. The van der Waals surface area contributed by atoms with Crippen molar-refractivity contribution in [2.45, 2.75) is 24.3 Å². The lowest BCUT2D eigenvalue weighted by Crippen LogP contribution is -2.23. The SMILES string of the molecule is Cc1nnc(SC(C)C(N)=NO)n1C. The lowest BCUT2D eigenvalue weighted by Gasteiger charge is -2.07. The van der Waals surface area contributed by atoms with E-state index in [9.17, 15) is 0 Å². The summed E-state index contributed by atoms with van der Waals surface area (Å²) in [6.07, 6.45) is 0. The molecule has 0 spiro atoms. The Morgan fingerprint density at radius 3 is 2.71 bits per heavy atom. The summed E-state index contributed by atoms with van der Waals surface area (Å²) in [5.74, 6) is 1.01. The molecule has 0 saturated heterocycles. The zero-order valence-corrected chi connectivity index (χ0v) is 9.12. The molecule has 0 amide bonds. The maximum Gasteiger partial charge on any atom is 0.191 e. The summed E-state index contributed by atoms with van der Waals surface area (Å²) in [5.41, 5.74) is 5.44. The predicted molar refractivity (Wildman–Crippen MR) is 54.5 cm³/mol. The number of hydrogen-bond acceptors (Lipinski definition) is 5. The second-order valence-electron chi connectivity index (χ2n) is 2.87. The third kappa shape index (κ3) is 2.16. The second kappa shape index (κ2) is 4.32. The quantitative estimate of drug-likeness (QED) is 0.250. The molecule has 0 aliphatic carbocycles. The van der Waals surface area contributed by atoms with Crippen molar-refractivity contribution in [1.82, 2.24) is 14.8 Å². The highest BCUT2D eigenvalue weighted by molar-refractivity contribution is 8.00. The molecule has 1 aromatic rings. The maximum absolute atomic E-state index is 8.46. The molecule has 1 heterocycles. The molecule has 0 aliphatic rings. The third-order valence-corrected chi connectivity index (χ3v) is 3.03. The Morgan fingerprint density at radius 2 is 2.29 bits per heavy atom. The van der Waals surface area contributed by atoms with Gasteiger partial charge in [0.25, 0.3) is 0 Å². The van der Waals surface area contributed by atoms with Crippen molar-refractivity contribution in [3.05, 3.63) is 5.82 Å². The van der Waals surface area contributed by atoms with Gasteiger partial charge < -0.3 is 15.5 Å². The lowest BCUT2D eigenvalue weighted by molar-refractivity contribution is 0.317. The van der Waals surface area contributed by atoms with Crippen molar-refractivity contribution in [2.75, 3.05) is 0 Å². The standard InChI is InChI=1S/C7H13N5OS/c1-4(6(8)11-13)14-7-10-9-5(2)12(7)3/h4,13H,1-3H3,(H2,8,11). The lowest BCUT2D eigenvalue weighted by atomic mass is 10.4. The summed E-state index contributed by atoms with van der Waals surface area (Å²) in [6, 6.07) is 0. The van der Waals surface area contributed by atoms with E-state index >= 15 is 0 Å². The van der Waals surface area contributed by atoms with E-state index in [0.717, 1.165) is 11.0 Å². The number of thioether (sulfide) groups is 1. The highest BCUT2D eigenvalue weighted by Crippen LogP contribution is 2.20. The van der Waals surface area contributed by atoms with Crippen LogP contribution in [0, 0.1) is 6.92 Å². The fraction of sp³-hybridized carbons (Fsp3) is 0.571. The number of oxime groups is 1. The van der Waals surface area contributed by atoms with Crippen LogP contribution < -0.4 is 5.73 Å². The molecule has 0 saturated carbocycles. The minimum Gasteiger partial charge on any atom is -0.409 e. The van der Waals surface area contributed by atoms with Gasteiger partial charge in [0.1, 0.15) is 5.82 Å². The van der Waals surface area contributed by atoms with Crippen molar-refractivity contribution in [2.24, 2.45) is 17.9 Å². The van der Waals surface area contributed by atoms with Crippen LogP contribution in [0.4, 0.5) is 0 Å². The molecule has 0 aliphatic heterocycles. The Bertz CT molecular complexity index is 348. The van der Waals surface area contributed by atoms with Gasteiger partial charge in [-0.25, -0.2) is 0 Å². The van der Waals surface area contributed by atoms with Crippen LogP contribution in [0.15, 0.2) is 10.3 Å². The summed E-state index contributed by atoms with van der Waals surface area (Å²) in [6.45, 7) is 3.70. The number of hydrogen-bond donors (Lipinski definition) is 2. The molecule has 7 heteroatoms. The first-order chi connectivity index (χ1) is 6.56. The largest absolute Gasteiger partial charge is 0.409 e. The number of nitrogens with two attached hydrogens (primary N) is 1. The van der Waals surface area contributed by atoms with E-state index in [1.54, 1.807) is 0 Å². The number of rotatable bonds is 3. The van der Waals surface area contributed by atoms with Crippen molar-refractivity contribution in [1.29, 1.82) is 0 Å². The van der Waals surface area contributed by atoms with E-state index in [2.05, 4.69) is 15.4 Å². The van der Waals surface area contributed by atoms with Gasteiger partial charge in [-0.05, 0) is 13.8 Å². The zero-order valence-electron chi connectivity index (χ0n) is 8.30. The minimum absolute atomic E-state index is 0.123. The number of aromatic nitrogens is 3. The molecule has 0 radical (unpaired) electrons. The van der Waals surface area contributed by atoms with Gasteiger partial charge in [0.05, 0.1) is 5.25 Å². The van der Waals surface area contributed by atoms with Crippen molar-refractivity contribution in [3.63, 3.8) is 0 Å². The first-order valence-electron chi connectivity index (χ1n) is 4.06. The van der Waals surface area contributed by atoms with Crippen LogP contribution in [0.5, 0.6) is 0 Å². The van der Waals surface area contributed by atoms with Gasteiger partial charge >= 0.3 is 0 Å². The van der Waals surface area contributed by atoms with E-state index in [1.165, 1.54) is 11.8 Å². The molecule has 0 aromatic carbocycles. The molecule has 0 fully saturated rings. The summed E-state index contributed by atoms with van der Waals surface area (Å²) in [4.78, 5) is 0. The van der Waals surface area contributed by atoms with Crippen molar-refractivity contribution in [3.8, 4) is 0 Å². The van der Waals surface area contributed by atoms with E-state index in [0.29, 0.717) is 0 Å². The Labute approximate surface area is 86.2 Å². The molecule has 1 aromatic heterocycles. The number of aryl methyl sites for hydroxylation is 1. The van der Waals surface area contributed by atoms with Crippen LogP contribution in [0.25, 0.3) is 0 Å². The molecule has 78 valence electrons. The van der Waals surface area contributed by atoms with Gasteiger partial charge in [0.15, 0.2) is 11.0 Å². The molecule has 0 bridgehead atoms. The van der Waals surface area contributed by atoms with Gasteiger partial charge in [-0.2, -0.15) is 0 Å².